The van der Waals surface area contributed by atoms with E-state index in [0.29, 0.717) is 50.3 Å². The Labute approximate surface area is 309 Å². The predicted molar refractivity (Wildman–Crippen MR) is 202 cm³/mol. The molecule has 1 fully saturated rings. The van der Waals surface area contributed by atoms with Crippen LogP contribution in [0.1, 0.15) is 87.8 Å². The van der Waals surface area contributed by atoms with Crippen LogP contribution in [0.15, 0.2) is 65.9 Å². The molecule has 6 atom stereocenters. The topological polar surface area (TPSA) is 119 Å². The normalized spacial score (nSPS) is 25.3. The van der Waals surface area contributed by atoms with Gasteiger partial charge >= 0.3 is 6.09 Å². The summed E-state index contributed by atoms with van der Waals surface area (Å²) in [6.07, 6.45) is 9.47. The number of unbranched alkanes of at least 4 members (excludes halogenated alkanes) is 2. The fraction of sp³-hybridized carbons (Fsp3) is 0.571. The molecule has 2 aromatic rings. The van der Waals surface area contributed by atoms with Crippen molar-refractivity contribution >= 4 is 11.8 Å². The van der Waals surface area contributed by atoms with E-state index >= 15 is 0 Å². The van der Waals surface area contributed by atoms with E-state index in [1.165, 1.54) is 12.7 Å². The van der Waals surface area contributed by atoms with Crippen LogP contribution in [-0.2, 0) is 14.3 Å². The number of hydrogen-bond acceptors (Lipinski definition) is 9. The highest BCUT2D eigenvalue weighted by Gasteiger charge is 2.65. The highest BCUT2D eigenvalue weighted by atomic mass is 16.7. The molecule has 0 bridgehead atoms. The van der Waals surface area contributed by atoms with Crippen molar-refractivity contribution in [2.24, 2.45) is 22.9 Å². The van der Waals surface area contributed by atoms with Gasteiger partial charge in [-0.25, -0.2) is 4.79 Å². The molecule has 52 heavy (non-hydrogen) atoms. The van der Waals surface area contributed by atoms with Crippen LogP contribution in [0.3, 0.4) is 0 Å². The lowest BCUT2D eigenvalue weighted by molar-refractivity contribution is -0.255. The van der Waals surface area contributed by atoms with Gasteiger partial charge in [0.25, 0.3) is 0 Å². The van der Waals surface area contributed by atoms with Gasteiger partial charge in [-0.3, -0.25) is 4.90 Å². The molecule has 1 saturated carbocycles. The predicted octanol–water partition coefficient (Wildman–Crippen LogP) is 8.23. The third kappa shape index (κ3) is 8.19. The summed E-state index contributed by atoms with van der Waals surface area (Å²) in [5, 5.41) is 24.3. The van der Waals surface area contributed by atoms with Crippen molar-refractivity contribution in [2.45, 2.75) is 96.8 Å². The summed E-state index contributed by atoms with van der Waals surface area (Å²) in [6, 6.07) is 11.5. The summed E-state index contributed by atoms with van der Waals surface area (Å²) >= 11 is 0. The Kier molecular flexibility index (Phi) is 13.8. The number of amides is 1. The molecule has 0 spiro atoms. The van der Waals surface area contributed by atoms with E-state index in [-0.39, 0.29) is 43.5 Å². The monoisotopic (exact) mass is 718 g/mol. The molecule has 5 rings (SSSR count). The van der Waals surface area contributed by atoms with Crippen LogP contribution in [0.25, 0.3) is 0 Å². The molecule has 2 N–H and O–H groups in total. The number of oxime groups is 1. The van der Waals surface area contributed by atoms with Gasteiger partial charge in [0.15, 0.2) is 0 Å². The number of fused-ring (bicyclic) bond motifs is 2. The molecule has 10 nitrogen and oxygen atoms in total. The Morgan fingerprint density at radius 1 is 1.04 bits per heavy atom. The zero-order valence-electron chi connectivity index (χ0n) is 31.6. The van der Waals surface area contributed by atoms with E-state index in [1.807, 2.05) is 38.1 Å². The second kappa shape index (κ2) is 18.3. The highest BCUT2D eigenvalue weighted by molar-refractivity contribution is 6.02. The SMILES string of the molecule is C=CCO[C@@]12Oc3ccc(Oc4ccc(C)c(C)c4)cc3[C@H]3[C@H](CCCCO)[C@@H](CCCCO)C=C(C(=NOCC)C[C@@H]1N(CCC)C(=O)OC)[C@H]32. The Morgan fingerprint density at radius 3 is 2.44 bits per heavy atom. The number of carbonyl (C=O) groups is 1. The molecule has 0 aromatic heterocycles. The third-order valence-corrected chi connectivity index (χ3v) is 10.9. The van der Waals surface area contributed by atoms with E-state index in [1.54, 1.807) is 11.0 Å². The smallest absolute Gasteiger partial charge is 0.409 e. The van der Waals surface area contributed by atoms with Crippen LogP contribution < -0.4 is 9.47 Å². The molecule has 0 saturated heterocycles. The number of rotatable bonds is 18. The maximum atomic E-state index is 13.6. The Balaban J connectivity index is 1.77. The van der Waals surface area contributed by atoms with E-state index in [4.69, 9.17) is 28.9 Å². The van der Waals surface area contributed by atoms with Gasteiger partial charge in [-0.15, -0.1) is 6.58 Å². The Bertz CT molecular complexity index is 1590. The lowest BCUT2D eigenvalue weighted by Gasteiger charge is -2.59. The molecular formula is C42H58N2O8. The standard InChI is InChI=1S/C42H58N2O8/c1-7-20-44(41(47)48-6)38-27-36(43-50-9-3)34-25-30(14-10-12-21-45)33(15-11-13-22-46)39-35-26-32(51-31-17-16-28(4)29(5)24-31)18-19-37(35)52-42(38,40(34)39)49-23-8-2/h8,16-19,24-26,30,33,38-40,45-46H,2,7,9-15,20-23,27H2,1,3-6H3/t30-,33+,38-,39+,40+,42+/m0/s1. The van der Waals surface area contributed by atoms with Crippen LogP contribution in [0, 0.1) is 31.6 Å². The molecule has 1 aliphatic heterocycles. The summed E-state index contributed by atoms with van der Waals surface area (Å²) in [5.41, 5.74) is 5.12. The number of benzene rings is 2. The number of carbonyl (C=O) groups excluding carboxylic acids is 1. The number of hydrogen-bond donors (Lipinski definition) is 2. The van der Waals surface area contributed by atoms with Gasteiger partial charge < -0.3 is 34.0 Å². The fourth-order valence-corrected chi connectivity index (χ4v) is 8.50. The molecule has 2 aliphatic carbocycles. The van der Waals surface area contributed by atoms with E-state index in [2.05, 4.69) is 38.6 Å². The van der Waals surface area contributed by atoms with Gasteiger partial charge in [-0.2, -0.15) is 0 Å². The lowest BCUT2D eigenvalue weighted by Crippen LogP contribution is -2.70. The second-order valence-electron chi connectivity index (χ2n) is 14.2. The number of nitrogens with zero attached hydrogens (tertiary/aromatic N) is 2. The number of allylic oxidation sites excluding steroid dienone is 1. The van der Waals surface area contributed by atoms with Crippen LogP contribution in [-0.4, -0.2) is 78.8 Å². The number of ether oxygens (including phenoxy) is 4. The minimum absolute atomic E-state index is 0.120. The number of aryl methyl sites for hydroxylation is 2. The van der Waals surface area contributed by atoms with Gasteiger partial charge in [0.05, 0.1) is 25.3 Å². The van der Waals surface area contributed by atoms with Crippen molar-refractivity contribution < 1.29 is 38.8 Å². The fourth-order valence-electron chi connectivity index (χ4n) is 8.50. The van der Waals surface area contributed by atoms with Gasteiger partial charge in [0.1, 0.15) is 29.9 Å². The summed E-state index contributed by atoms with van der Waals surface area (Å²) in [6.45, 7) is 13.4. The number of methoxy groups -OCH3 is 1. The van der Waals surface area contributed by atoms with Gasteiger partial charge in [-0.05, 0) is 112 Å². The number of aliphatic hydroxyl groups excluding tert-OH is 2. The van der Waals surface area contributed by atoms with Crippen LogP contribution >= 0.6 is 0 Å². The molecule has 1 amide bonds. The maximum Gasteiger partial charge on any atom is 0.409 e. The third-order valence-electron chi connectivity index (χ3n) is 10.9. The molecular weight excluding hydrogens is 660 g/mol. The maximum absolute atomic E-state index is 13.6. The summed E-state index contributed by atoms with van der Waals surface area (Å²) in [5.74, 6) is 0.568. The van der Waals surface area contributed by atoms with E-state index in [9.17, 15) is 15.0 Å². The van der Waals surface area contributed by atoms with Gasteiger partial charge in [0, 0.05) is 37.7 Å². The van der Waals surface area contributed by atoms with Crippen molar-refractivity contribution in [1.29, 1.82) is 0 Å². The number of aliphatic hydroxyl groups is 2. The van der Waals surface area contributed by atoms with Crippen molar-refractivity contribution in [3.05, 3.63) is 77.4 Å². The highest BCUT2D eigenvalue weighted by Crippen LogP contribution is 2.62. The van der Waals surface area contributed by atoms with Crippen molar-refractivity contribution in [2.75, 3.05) is 40.1 Å². The minimum Gasteiger partial charge on any atom is -0.459 e. The molecule has 2 aromatic carbocycles. The summed E-state index contributed by atoms with van der Waals surface area (Å²) in [7, 11) is 1.40. The molecule has 3 aliphatic rings. The quantitative estimate of drug-likeness (QED) is 0.0899. The Morgan fingerprint density at radius 2 is 1.77 bits per heavy atom. The van der Waals surface area contributed by atoms with Gasteiger partial charge in [0.2, 0.25) is 5.79 Å². The summed E-state index contributed by atoms with van der Waals surface area (Å²) < 4.78 is 26.0. The first-order valence-corrected chi connectivity index (χ1v) is 19.1. The second-order valence-corrected chi connectivity index (χ2v) is 14.2. The minimum atomic E-state index is -1.31. The van der Waals surface area contributed by atoms with Crippen molar-refractivity contribution in [3.63, 3.8) is 0 Å². The average Bonchev–Trinajstić information content (AvgIpc) is 3.15. The van der Waals surface area contributed by atoms with Crippen molar-refractivity contribution in [3.8, 4) is 17.2 Å². The largest absolute Gasteiger partial charge is 0.459 e. The zero-order valence-corrected chi connectivity index (χ0v) is 31.6. The van der Waals surface area contributed by atoms with Crippen LogP contribution in [0.2, 0.25) is 0 Å². The molecule has 0 unspecified atom stereocenters. The van der Waals surface area contributed by atoms with E-state index in [0.717, 1.165) is 53.8 Å². The first-order valence-electron chi connectivity index (χ1n) is 19.1. The molecule has 1 heterocycles. The van der Waals surface area contributed by atoms with Crippen molar-refractivity contribution in [1.82, 2.24) is 4.90 Å². The molecule has 284 valence electrons. The first kappa shape index (κ1) is 39.3. The zero-order chi connectivity index (χ0) is 37.3. The summed E-state index contributed by atoms with van der Waals surface area (Å²) in [4.78, 5) is 21.1. The van der Waals surface area contributed by atoms with Gasteiger partial charge in [-0.1, -0.05) is 43.1 Å². The molecule has 10 heteroatoms. The van der Waals surface area contributed by atoms with Crippen LogP contribution in [0.5, 0.6) is 17.2 Å². The average molecular weight is 719 g/mol. The van der Waals surface area contributed by atoms with E-state index < -0.39 is 17.9 Å². The lowest BCUT2D eigenvalue weighted by atomic mass is 9.55. The first-order chi connectivity index (χ1) is 25.3. The Hall–Kier alpha value is -3.86. The van der Waals surface area contributed by atoms with Crippen LogP contribution in [0.4, 0.5) is 4.79 Å². The molecule has 0 radical (unpaired) electrons.